The monoisotopic (exact) mass is 187 g/mol. The van der Waals surface area contributed by atoms with Crippen molar-refractivity contribution in [3.63, 3.8) is 0 Å². The van der Waals surface area contributed by atoms with E-state index in [1.165, 1.54) is 0 Å². The molecule has 70 valence electrons. The Morgan fingerprint density at radius 2 is 1.93 bits per heavy atom. The van der Waals surface area contributed by atoms with Crippen molar-refractivity contribution in [2.75, 3.05) is 6.54 Å². The fraction of sp³-hybridized carbons (Fsp3) is 0.100. The van der Waals surface area contributed by atoms with E-state index >= 15 is 0 Å². The highest BCUT2D eigenvalue weighted by Gasteiger charge is 2.04. The van der Waals surface area contributed by atoms with E-state index in [0.717, 1.165) is 5.52 Å². The third kappa shape index (κ3) is 1.47. The van der Waals surface area contributed by atoms with Gasteiger partial charge in [0, 0.05) is 18.0 Å². The van der Waals surface area contributed by atoms with Crippen molar-refractivity contribution in [3.8, 4) is 0 Å². The largest absolute Gasteiger partial charge is 0.324 e. The minimum absolute atomic E-state index is 0.0196. The van der Waals surface area contributed by atoms with Crippen LogP contribution >= 0.6 is 0 Å². The Labute approximate surface area is 80.8 Å². The molecule has 1 aromatic carbocycles. The maximum absolute atomic E-state index is 11.3. The first kappa shape index (κ1) is 8.77. The topological polar surface area (TPSA) is 68.9 Å². The molecule has 0 saturated carbocycles. The molecule has 14 heavy (non-hydrogen) atoms. The fourth-order valence-electron chi connectivity index (χ4n) is 1.25. The van der Waals surface area contributed by atoms with E-state index in [4.69, 9.17) is 5.73 Å². The number of fused-ring (bicyclic) bond motifs is 1. The van der Waals surface area contributed by atoms with E-state index < -0.39 is 0 Å². The highest BCUT2D eigenvalue weighted by atomic mass is 16.1. The van der Waals surface area contributed by atoms with Crippen LogP contribution < -0.4 is 5.73 Å². The van der Waals surface area contributed by atoms with Gasteiger partial charge in [-0.05, 0) is 18.2 Å². The summed E-state index contributed by atoms with van der Waals surface area (Å²) in [7, 11) is 0. The van der Waals surface area contributed by atoms with Crippen LogP contribution in [0.25, 0.3) is 11.0 Å². The number of carbonyl (C=O) groups is 1. The first-order chi connectivity index (χ1) is 6.81. The maximum atomic E-state index is 11.3. The van der Waals surface area contributed by atoms with Gasteiger partial charge in [-0.3, -0.25) is 14.8 Å². The molecule has 0 radical (unpaired) electrons. The summed E-state index contributed by atoms with van der Waals surface area (Å²) in [6.07, 6.45) is 3.21. The quantitative estimate of drug-likeness (QED) is 0.705. The number of hydrogen-bond donors (Lipinski definition) is 1. The molecule has 0 aliphatic heterocycles. The maximum Gasteiger partial charge on any atom is 0.176 e. The highest BCUT2D eigenvalue weighted by molar-refractivity contribution is 5.99. The van der Waals surface area contributed by atoms with Crippen LogP contribution in [0.15, 0.2) is 30.6 Å². The van der Waals surface area contributed by atoms with E-state index in [2.05, 4.69) is 9.97 Å². The Morgan fingerprint density at radius 3 is 2.64 bits per heavy atom. The summed E-state index contributed by atoms with van der Waals surface area (Å²) >= 11 is 0. The second kappa shape index (κ2) is 3.51. The minimum Gasteiger partial charge on any atom is -0.324 e. The van der Waals surface area contributed by atoms with Crippen molar-refractivity contribution in [3.05, 3.63) is 36.2 Å². The molecule has 2 N–H and O–H groups in total. The number of carbonyl (C=O) groups excluding carboxylic acids is 1. The van der Waals surface area contributed by atoms with E-state index in [0.29, 0.717) is 11.1 Å². The van der Waals surface area contributed by atoms with Crippen molar-refractivity contribution >= 4 is 16.8 Å². The van der Waals surface area contributed by atoms with E-state index in [-0.39, 0.29) is 12.3 Å². The van der Waals surface area contributed by atoms with Gasteiger partial charge in [0.1, 0.15) is 0 Å². The summed E-state index contributed by atoms with van der Waals surface area (Å²) in [6, 6.07) is 5.19. The van der Waals surface area contributed by atoms with Crippen LogP contribution in [0.5, 0.6) is 0 Å². The molecule has 1 heterocycles. The molecule has 0 amide bonds. The van der Waals surface area contributed by atoms with Gasteiger partial charge in [-0.2, -0.15) is 0 Å². The molecular formula is C10H9N3O. The average molecular weight is 187 g/mol. The SMILES string of the molecule is NCC(=O)c1ccc2nccnc2c1. The lowest BCUT2D eigenvalue weighted by atomic mass is 10.1. The second-order valence-electron chi connectivity index (χ2n) is 2.89. The summed E-state index contributed by atoms with van der Waals surface area (Å²) < 4.78 is 0. The molecule has 0 spiro atoms. The zero-order valence-corrected chi connectivity index (χ0v) is 7.47. The normalized spacial score (nSPS) is 10.4. The lowest BCUT2D eigenvalue weighted by Gasteiger charge is -1.99. The summed E-state index contributed by atoms with van der Waals surface area (Å²) in [5.41, 5.74) is 7.34. The number of hydrogen-bond acceptors (Lipinski definition) is 4. The standard InChI is InChI=1S/C10H9N3O/c11-6-10(14)7-1-2-8-9(5-7)13-4-3-12-8/h1-5H,6,11H2. The predicted molar refractivity (Wildman–Crippen MR) is 52.9 cm³/mol. The van der Waals surface area contributed by atoms with Crippen molar-refractivity contribution in [2.24, 2.45) is 5.73 Å². The van der Waals surface area contributed by atoms with Gasteiger partial charge in [0.05, 0.1) is 17.6 Å². The lowest BCUT2D eigenvalue weighted by Crippen LogP contribution is -2.13. The summed E-state index contributed by atoms with van der Waals surface area (Å²) in [5, 5.41) is 0. The van der Waals surface area contributed by atoms with E-state index in [1.807, 2.05) is 0 Å². The van der Waals surface area contributed by atoms with Gasteiger partial charge in [0.25, 0.3) is 0 Å². The molecule has 0 unspecified atom stereocenters. The predicted octanol–water partition coefficient (Wildman–Crippen LogP) is 0.771. The van der Waals surface area contributed by atoms with Gasteiger partial charge in [-0.1, -0.05) is 0 Å². The molecule has 4 nitrogen and oxygen atoms in total. The van der Waals surface area contributed by atoms with Gasteiger partial charge in [0.2, 0.25) is 0 Å². The minimum atomic E-state index is -0.0856. The van der Waals surface area contributed by atoms with Gasteiger partial charge < -0.3 is 5.73 Å². The molecule has 0 atom stereocenters. The Morgan fingerprint density at radius 1 is 1.21 bits per heavy atom. The van der Waals surface area contributed by atoms with Crippen LogP contribution in [-0.4, -0.2) is 22.3 Å². The first-order valence-corrected chi connectivity index (χ1v) is 4.25. The molecule has 0 aliphatic carbocycles. The first-order valence-electron chi connectivity index (χ1n) is 4.25. The Kier molecular flexibility index (Phi) is 2.20. The highest BCUT2D eigenvalue weighted by Crippen LogP contribution is 2.10. The van der Waals surface area contributed by atoms with Gasteiger partial charge in [0.15, 0.2) is 5.78 Å². The molecule has 2 aromatic rings. The molecule has 4 heteroatoms. The zero-order valence-electron chi connectivity index (χ0n) is 7.47. The average Bonchev–Trinajstić information content (AvgIpc) is 2.27. The van der Waals surface area contributed by atoms with Crippen LogP contribution in [0.2, 0.25) is 0 Å². The second-order valence-corrected chi connectivity index (χ2v) is 2.89. The molecule has 0 aliphatic rings. The van der Waals surface area contributed by atoms with Crippen LogP contribution in [0.4, 0.5) is 0 Å². The molecule has 0 saturated heterocycles. The summed E-state index contributed by atoms with van der Waals surface area (Å²) in [6.45, 7) is 0.0196. The summed E-state index contributed by atoms with van der Waals surface area (Å²) in [4.78, 5) is 19.5. The number of nitrogens with zero attached hydrogens (tertiary/aromatic N) is 2. The fourth-order valence-corrected chi connectivity index (χ4v) is 1.25. The van der Waals surface area contributed by atoms with Crippen LogP contribution in [-0.2, 0) is 0 Å². The third-order valence-corrected chi connectivity index (χ3v) is 1.98. The van der Waals surface area contributed by atoms with Crippen molar-refractivity contribution in [1.82, 2.24) is 9.97 Å². The molecular weight excluding hydrogens is 178 g/mol. The number of ketones is 1. The molecule has 0 fully saturated rings. The lowest BCUT2D eigenvalue weighted by molar-refractivity contribution is 0.100. The van der Waals surface area contributed by atoms with Crippen LogP contribution in [0, 0.1) is 0 Å². The van der Waals surface area contributed by atoms with Gasteiger partial charge in [-0.25, -0.2) is 0 Å². The number of nitrogens with two attached hydrogens (primary N) is 1. The smallest absolute Gasteiger partial charge is 0.176 e. The Balaban J connectivity index is 2.56. The van der Waals surface area contributed by atoms with Crippen molar-refractivity contribution in [2.45, 2.75) is 0 Å². The molecule has 1 aromatic heterocycles. The summed E-state index contributed by atoms with van der Waals surface area (Å²) in [5.74, 6) is -0.0856. The van der Waals surface area contributed by atoms with Crippen LogP contribution in [0.1, 0.15) is 10.4 Å². The number of aromatic nitrogens is 2. The number of Topliss-reactive ketones (excluding diaryl/α,β-unsaturated/α-hetero) is 1. The third-order valence-electron chi connectivity index (χ3n) is 1.98. The molecule has 2 rings (SSSR count). The van der Waals surface area contributed by atoms with E-state index in [9.17, 15) is 4.79 Å². The number of benzene rings is 1. The van der Waals surface area contributed by atoms with Crippen molar-refractivity contribution in [1.29, 1.82) is 0 Å². The Hall–Kier alpha value is -1.81. The van der Waals surface area contributed by atoms with Crippen molar-refractivity contribution < 1.29 is 4.79 Å². The van der Waals surface area contributed by atoms with Crippen LogP contribution in [0.3, 0.4) is 0 Å². The molecule has 0 bridgehead atoms. The van der Waals surface area contributed by atoms with Gasteiger partial charge in [-0.15, -0.1) is 0 Å². The van der Waals surface area contributed by atoms with Gasteiger partial charge >= 0.3 is 0 Å². The number of rotatable bonds is 2. The Bertz CT molecular complexity index is 482. The zero-order chi connectivity index (χ0) is 9.97. The van der Waals surface area contributed by atoms with E-state index in [1.54, 1.807) is 30.6 Å².